The summed E-state index contributed by atoms with van der Waals surface area (Å²) in [7, 11) is -8.04. The normalized spacial score (nSPS) is 12.9. The zero-order valence-corrected chi connectivity index (χ0v) is 18.2. The van der Waals surface area contributed by atoms with E-state index in [4.69, 9.17) is 11.6 Å². The predicted octanol–water partition coefficient (Wildman–Crippen LogP) is 3.18. The lowest BCUT2D eigenvalue weighted by molar-refractivity contribution is 0.542. The number of nitrogens with one attached hydrogen (secondary N) is 2. The molecule has 0 fully saturated rings. The minimum absolute atomic E-state index is 0.0444. The summed E-state index contributed by atoms with van der Waals surface area (Å²) in [6, 6.07) is 16.2. The molecule has 0 saturated carbocycles. The van der Waals surface area contributed by atoms with Crippen molar-refractivity contribution in [1.29, 1.82) is 0 Å². The Balaban J connectivity index is 2.04. The first kappa shape index (κ1) is 22.2. The molecular weight excluding hydrogens is 472 g/mol. The Labute approximate surface area is 181 Å². The van der Waals surface area contributed by atoms with Crippen molar-refractivity contribution in [2.75, 3.05) is 9.44 Å². The molecular formula is C18H14ClN2O6S3-. The fourth-order valence-corrected chi connectivity index (χ4v) is 5.37. The van der Waals surface area contributed by atoms with E-state index >= 15 is 0 Å². The molecule has 0 aliphatic rings. The molecule has 2 N–H and O–H groups in total. The maximum Gasteiger partial charge on any atom is 0.261 e. The Hall–Kier alpha value is -2.44. The number of sulfonamides is 1. The molecule has 0 amide bonds. The van der Waals surface area contributed by atoms with Gasteiger partial charge in [0, 0.05) is 16.3 Å². The number of anilines is 2. The summed E-state index contributed by atoms with van der Waals surface area (Å²) >= 11 is 2.96. The monoisotopic (exact) mass is 485 g/mol. The Bertz CT molecular complexity index is 1300. The second kappa shape index (κ2) is 8.74. The minimum Gasteiger partial charge on any atom is -0.755 e. The molecule has 0 aromatic heterocycles. The van der Waals surface area contributed by atoms with E-state index in [-0.39, 0.29) is 26.1 Å². The fourth-order valence-electron chi connectivity index (χ4n) is 2.51. The summed E-state index contributed by atoms with van der Waals surface area (Å²) in [6.07, 6.45) is 0. The summed E-state index contributed by atoms with van der Waals surface area (Å²) in [6.45, 7) is 0. The van der Waals surface area contributed by atoms with E-state index in [9.17, 15) is 25.6 Å². The van der Waals surface area contributed by atoms with E-state index in [2.05, 4.69) is 4.72 Å². The number of benzene rings is 3. The molecule has 158 valence electrons. The Kier molecular flexibility index (Phi) is 6.48. The highest BCUT2D eigenvalue weighted by Gasteiger charge is 2.21. The number of halogens is 1. The molecule has 0 heterocycles. The summed E-state index contributed by atoms with van der Waals surface area (Å²) < 4.78 is 77.4. The van der Waals surface area contributed by atoms with Gasteiger partial charge in [0.2, 0.25) is 9.84 Å². The van der Waals surface area contributed by atoms with Gasteiger partial charge < -0.3 is 9.27 Å². The maximum absolute atomic E-state index is 12.8. The van der Waals surface area contributed by atoms with E-state index in [1.54, 1.807) is 6.07 Å². The first-order chi connectivity index (χ1) is 14.1. The van der Waals surface area contributed by atoms with Crippen LogP contribution in [0, 0.1) is 0 Å². The average Bonchev–Trinajstić information content (AvgIpc) is 2.69. The third-order valence-corrected chi connectivity index (χ3v) is 7.70. The molecule has 0 aliphatic heterocycles. The quantitative estimate of drug-likeness (QED) is 0.494. The highest BCUT2D eigenvalue weighted by atomic mass is 35.5. The van der Waals surface area contributed by atoms with Gasteiger partial charge >= 0.3 is 0 Å². The summed E-state index contributed by atoms with van der Waals surface area (Å²) in [5.74, 6) is 0. The molecule has 1 unspecified atom stereocenters. The van der Waals surface area contributed by atoms with Crippen molar-refractivity contribution in [1.82, 2.24) is 0 Å². The van der Waals surface area contributed by atoms with Crippen LogP contribution >= 0.6 is 11.6 Å². The molecule has 0 spiro atoms. The van der Waals surface area contributed by atoms with Crippen LogP contribution in [0.4, 0.5) is 11.4 Å². The van der Waals surface area contributed by atoms with Gasteiger partial charge in [0.15, 0.2) is 0 Å². The third kappa shape index (κ3) is 4.99. The van der Waals surface area contributed by atoms with Gasteiger partial charge in [-0.1, -0.05) is 29.8 Å². The summed E-state index contributed by atoms with van der Waals surface area (Å²) in [4.78, 5) is -0.337. The number of hydrogen-bond donors (Lipinski definition) is 2. The molecule has 3 rings (SSSR count). The number of hydrogen-bond acceptors (Lipinski definition) is 6. The van der Waals surface area contributed by atoms with Crippen LogP contribution in [0.5, 0.6) is 0 Å². The van der Waals surface area contributed by atoms with E-state index in [1.165, 1.54) is 60.7 Å². The van der Waals surface area contributed by atoms with E-state index in [0.717, 1.165) is 6.07 Å². The van der Waals surface area contributed by atoms with E-state index in [1.807, 2.05) is 4.72 Å². The van der Waals surface area contributed by atoms with E-state index in [0.29, 0.717) is 5.02 Å². The Morgan fingerprint density at radius 2 is 1.37 bits per heavy atom. The molecule has 0 aliphatic carbocycles. The van der Waals surface area contributed by atoms with Crippen molar-refractivity contribution in [3.8, 4) is 0 Å². The van der Waals surface area contributed by atoms with Gasteiger partial charge in [-0.15, -0.1) is 0 Å². The molecule has 1 atom stereocenters. The van der Waals surface area contributed by atoms with Crippen LogP contribution in [0.2, 0.25) is 5.02 Å². The van der Waals surface area contributed by atoms with Gasteiger partial charge in [-0.25, -0.2) is 16.8 Å². The predicted molar refractivity (Wildman–Crippen MR) is 113 cm³/mol. The topological polar surface area (TPSA) is 132 Å². The van der Waals surface area contributed by atoms with Crippen LogP contribution in [0.1, 0.15) is 0 Å². The molecule has 12 heteroatoms. The first-order valence-electron chi connectivity index (χ1n) is 8.18. The highest BCUT2D eigenvalue weighted by Crippen LogP contribution is 2.31. The molecule has 0 bridgehead atoms. The van der Waals surface area contributed by atoms with Gasteiger partial charge in [-0.05, 0) is 54.6 Å². The van der Waals surface area contributed by atoms with E-state index < -0.39 is 31.1 Å². The lowest BCUT2D eigenvalue weighted by Gasteiger charge is -2.17. The van der Waals surface area contributed by atoms with Gasteiger partial charge in [-0.3, -0.25) is 8.93 Å². The fraction of sp³-hybridized carbons (Fsp3) is 0. The van der Waals surface area contributed by atoms with Crippen LogP contribution in [0.3, 0.4) is 0 Å². The number of sulfone groups is 1. The SMILES string of the molecule is O=S([O-])Nc1cc(S(=O)(=O)c2ccc(Cl)cc2)ccc1NS(=O)(=O)c1ccccc1. The second-order valence-corrected chi connectivity index (χ2v) is 10.7. The van der Waals surface area contributed by atoms with Gasteiger partial charge in [0.25, 0.3) is 10.0 Å². The van der Waals surface area contributed by atoms with Crippen LogP contribution in [-0.4, -0.2) is 25.6 Å². The summed E-state index contributed by atoms with van der Waals surface area (Å²) in [5, 5.41) is 0.351. The van der Waals surface area contributed by atoms with Crippen molar-refractivity contribution in [2.24, 2.45) is 0 Å². The smallest absolute Gasteiger partial charge is 0.261 e. The van der Waals surface area contributed by atoms with Crippen molar-refractivity contribution in [3.05, 3.63) is 77.8 Å². The van der Waals surface area contributed by atoms with Gasteiger partial charge in [0.05, 0.1) is 26.1 Å². The molecule has 30 heavy (non-hydrogen) atoms. The van der Waals surface area contributed by atoms with Crippen LogP contribution in [-0.2, 0) is 31.1 Å². The van der Waals surface area contributed by atoms with Crippen molar-refractivity contribution in [3.63, 3.8) is 0 Å². The largest absolute Gasteiger partial charge is 0.755 e. The molecule has 8 nitrogen and oxygen atoms in total. The highest BCUT2D eigenvalue weighted by molar-refractivity contribution is 7.92. The molecule has 0 saturated heterocycles. The van der Waals surface area contributed by atoms with Gasteiger partial charge in [-0.2, -0.15) is 0 Å². The molecule has 3 aromatic carbocycles. The number of rotatable bonds is 7. The Morgan fingerprint density at radius 3 is 1.97 bits per heavy atom. The lowest BCUT2D eigenvalue weighted by atomic mass is 10.3. The maximum atomic E-state index is 12.8. The lowest BCUT2D eigenvalue weighted by Crippen LogP contribution is -2.15. The Morgan fingerprint density at radius 1 is 0.767 bits per heavy atom. The second-order valence-electron chi connectivity index (χ2n) is 5.92. The standard InChI is InChI=1S/C18H15ClN2O6S3/c19-13-6-8-14(9-7-13)29(24,25)16-10-11-17(18(12-16)20-28(22)23)21-30(26,27)15-4-2-1-3-5-15/h1-12,20-21H,(H,22,23)/p-1. The average molecular weight is 486 g/mol. The third-order valence-electron chi connectivity index (χ3n) is 3.92. The van der Waals surface area contributed by atoms with Crippen LogP contribution < -0.4 is 9.44 Å². The minimum atomic E-state index is -4.03. The zero-order valence-electron chi connectivity index (χ0n) is 15.0. The van der Waals surface area contributed by atoms with Crippen LogP contribution in [0.15, 0.2) is 87.5 Å². The van der Waals surface area contributed by atoms with Crippen molar-refractivity contribution >= 4 is 54.1 Å². The van der Waals surface area contributed by atoms with Crippen molar-refractivity contribution in [2.45, 2.75) is 14.7 Å². The van der Waals surface area contributed by atoms with Crippen LogP contribution in [0.25, 0.3) is 0 Å². The zero-order chi connectivity index (χ0) is 21.9. The molecule has 3 aromatic rings. The van der Waals surface area contributed by atoms with Crippen molar-refractivity contribution < 1.29 is 25.6 Å². The molecule has 0 radical (unpaired) electrons. The first-order valence-corrected chi connectivity index (χ1v) is 12.6. The summed E-state index contributed by atoms with van der Waals surface area (Å²) in [5.41, 5.74) is -0.393. The van der Waals surface area contributed by atoms with Gasteiger partial charge in [0.1, 0.15) is 0 Å².